The summed E-state index contributed by atoms with van der Waals surface area (Å²) in [5, 5.41) is 0. The molecular weight excluding hydrogens is 192 g/mol. The zero-order valence-electron chi connectivity index (χ0n) is 9.58. The van der Waals surface area contributed by atoms with Crippen LogP contribution < -0.4 is 0 Å². The number of methoxy groups -OCH3 is 1. The third-order valence-electron chi connectivity index (χ3n) is 3.13. The SMILES string of the molecule is CC=CC(CC1(C)C(=O)CCC1=O)OC. The van der Waals surface area contributed by atoms with E-state index in [1.54, 1.807) is 14.0 Å². The smallest absolute Gasteiger partial charge is 0.146 e. The first-order valence-electron chi connectivity index (χ1n) is 5.27. The number of ether oxygens (including phenoxy) is 1. The molecular formula is C12H18O3. The highest BCUT2D eigenvalue weighted by Crippen LogP contribution is 2.36. The van der Waals surface area contributed by atoms with E-state index in [4.69, 9.17) is 4.74 Å². The van der Waals surface area contributed by atoms with Gasteiger partial charge in [-0.2, -0.15) is 0 Å². The Morgan fingerprint density at radius 2 is 1.93 bits per heavy atom. The standard InChI is InChI=1S/C12H18O3/c1-4-5-9(15-3)8-12(2)10(13)6-7-11(12)14/h4-5,9H,6-8H2,1-3H3. The molecule has 0 amide bonds. The van der Waals surface area contributed by atoms with Gasteiger partial charge >= 0.3 is 0 Å². The minimum atomic E-state index is -0.819. The van der Waals surface area contributed by atoms with Crippen LogP contribution in [0.2, 0.25) is 0 Å². The van der Waals surface area contributed by atoms with Crippen molar-refractivity contribution in [2.75, 3.05) is 7.11 Å². The highest BCUT2D eigenvalue weighted by molar-refractivity contribution is 6.12. The van der Waals surface area contributed by atoms with Gasteiger partial charge in [0, 0.05) is 20.0 Å². The van der Waals surface area contributed by atoms with Crippen LogP contribution in [0.25, 0.3) is 0 Å². The Hall–Kier alpha value is -0.960. The molecule has 0 aliphatic heterocycles. The highest BCUT2D eigenvalue weighted by Gasteiger charge is 2.46. The number of hydrogen-bond donors (Lipinski definition) is 0. The maximum absolute atomic E-state index is 11.7. The molecule has 0 bridgehead atoms. The molecule has 1 unspecified atom stereocenters. The Morgan fingerprint density at radius 3 is 2.33 bits per heavy atom. The lowest BCUT2D eigenvalue weighted by atomic mass is 9.81. The summed E-state index contributed by atoms with van der Waals surface area (Å²) >= 11 is 0. The maximum Gasteiger partial charge on any atom is 0.146 e. The molecule has 1 aliphatic rings. The molecule has 15 heavy (non-hydrogen) atoms. The minimum Gasteiger partial charge on any atom is -0.377 e. The van der Waals surface area contributed by atoms with Gasteiger partial charge in [-0.3, -0.25) is 9.59 Å². The van der Waals surface area contributed by atoms with E-state index >= 15 is 0 Å². The molecule has 0 radical (unpaired) electrons. The van der Waals surface area contributed by atoms with Gasteiger partial charge in [0.25, 0.3) is 0 Å². The normalized spacial score (nSPS) is 22.6. The average molecular weight is 210 g/mol. The minimum absolute atomic E-state index is 0.0547. The van der Waals surface area contributed by atoms with Gasteiger partial charge in [-0.15, -0.1) is 0 Å². The summed E-state index contributed by atoms with van der Waals surface area (Å²) in [5.74, 6) is 0.109. The van der Waals surface area contributed by atoms with E-state index in [0.29, 0.717) is 19.3 Å². The second kappa shape index (κ2) is 4.71. The lowest BCUT2D eigenvalue weighted by molar-refractivity contribution is -0.135. The summed E-state index contributed by atoms with van der Waals surface area (Å²) in [7, 11) is 1.60. The van der Waals surface area contributed by atoms with Gasteiger partial charge in [0.2, 0.25) is 0 Å². The van der Waals surface area contributed by atoms with E-state index < -0.39 is 5.41 Å². The average Bonchev–Trinajstić information content (AvgIpc) is 2.46. The third kappa shape index (κ3) is 2.34. The zero-order valence-corrected chi connectivity index (χ0v) is 9.58. The van der Waals surface area contributed by atoms with Gasteiger partial charge in [-0.1, -0.05) is 12.2 Å². The van der Waals surface area contributed by atoms with Gasteiger partial charge in [-0.25, -0.2) is 0 Å². The van der Waals surface area contributed by atoms with Gasteiger partial charge in [0.1, 0.15) is 11.6 Å². The Bertz CT molecular complexity index is 275. The third-order valence-corrected chi connectivity index (χ3v) is 3.13. The van der Waals surface area contributed by atoms with Crippen molar-refractivity contribution in [3.8, 4) is 0 Å². The molecule has 0 heterocycles. The summed E-state index contributed by atoms with van der Waals surface area (Å²) in [5.41, 5.74) is -0.819. The molecule has 0 aromatic carbocycles. The first kappa shape index (κ1) is 12.1. The van der Waals surface area contributed by atoms with E-state index in [2.05, 4.69) is 0 Å². The van der Waals surface area contributed by atoms with Crippen molar-refractivity contribution in [1.82, 2.24) is 0 Å². The number of rotatable bonds is 4. The summed E-state index contributed by atoms with van der Waals surface area (Å²) in [6, 6.07) is 0. The number of ketones is 2. The predicted molar refractivity (Wildman–Crippen MR) is 57.6 cm³/mol. The molecule has 1 rings (SSSR count). The van der Waals surface area contributed by atoms with E-state index in [1.165, 1.54) is 0 Å². The first-order valence-corrected chi connectivity index (χ1v) is 5.27. The van der Waals surface area contributed by atoms with Crippen LogP contribution in [0.5, 0.6) is 0 Å². The summed E-state index contributed by atoms with van der Waals surface area (Å²) in [6.07, 6.45) is 4.85. The summed E-state index contributed by atoms with van der Waals surface area (Å²) in [6.45, 7) is 3.63. The van der Waals surface area contributed by atoms with Gasteiger partial charge in [-0.05, 0) is 20.3 Å². The first-order chi connectivity index (χ1) is 7.04. The zero-order chi connectivity index (χ0) is 11.5. The van der Waals surface area contributed by atoms with Gasteiger partial charge in [0.15, 0.2) is 0 Å². The van der Waals surface area contributed by atoms with Crippen LogP contribution in [-0.2, 0) is 14.3 Å². The predicted octanol–water partition coefficient (Wildman–Crippen LogP) is 1.91. The van der Waals surface area contributed by atoms with Crippen LogP contribution in [0.1, 0.15) is 33.1 Å². The molecule has 0 spiro atoms. The van der Waals surface area contributed by atoms with E-state index in [9.17, 15) is 9.59 Å². The van der Waals surface area contributed by atoms with Crippen molar-refractivity contribution in [2.24, 2.45) is 5.41 Å². The molecule has 84 valence electrons. The molecule has 1 fully saturated rings. The van der Waals surface area contributed by atoms with Crippen molar-refractivity contribution in [2.45, 2.75) is 39.2 Å². The Morgan fingerprint density at radius 1 is 1.40 bits per heavy atom. The molecule has 1 saturated carbocycles. The molecule has 0 aromatic heterocycles. The van der Waals surface area contributed by atoms with Gasteiger partial charge in [0.05, 0.1) is 11.5 Å². The molecule has 0 N–H and O–H groups in total. The fourth-order valence-corrected chi connectivity index (χ4v) is 2.01. The topological polar surface area (TPSA) is 43.4 Å². The number of hydrogen-bond acceptors (Lipinski definition) is 3. The van der Waals surface area contributed by atoms with Crippen molar-refractivity contribution in [1.29, 1.82) is 0 Å². The highest BCUT2D eigenvalue weighted by atomic mass is 16.5. The van der Waals surface area contributed by atoms with E-state index in [1.807, 2.05) is 19.1 Å². The van der Waals surface area contributed by atoms with Crippen LogP contribution in [0.4, 0.5) is 0 Å². The van der Waals surface area contributed by atoms with E-state index in [-0.39, 0.29) is 17.7 Å². The number of carbonyl (C=O) groups excluding carboxylic acids is 2. The molecule has 1 aliphatic carbocycles. The monoisotopic (exact) mass is 210 g/mol. The van der Waals surface area contributed by atoms with E-state index in [0.717, 1.165) is 0 Å². The number of Topliss-reactive ketones (excluding diaryl/α,β-unsaturated/α-hetero) is 2. The summed E-state index contributed by atoms with van der Waals surface area (Å²) in [4.78, 5) is 23.3. The summed E-state index contributed by atoms with van der Waals surface area (Å²) < 4.78 is 5.22. The maximum atomic E-state index is 11.7. The molecule has 0 aromatic rings. The van der Waals surface area contributed by atoms with Crippen molar-refractivity contribution in [3.63, 3.8) is 0 Å². The van der Waals surface area contributed by atoms with Crippen LogP contribution in [-0.4, -0.2) is 24.8 Å². The fraction of sp³-hybridized carbons (Fsp3) is 0.667. The van der Waals surface area contributed by atoms with Crippen molar-refractivity contribution < 1.29 is 14.3 Å². The lowest BCUT2D eigenvalue weighted by Gasteiger charge is -2.24. The Labute approximate surface area is 90.5 Å². The number of allylic oxidation sites excluding steroid dienone is 1. The Balaban J connectivity index is 2.77. The molecule has 0 saturated heterocycles. The molecule has 3 heteroatoms. The fourth-order valence-electron chi connectivity index (χ4n) is 2.01. The van der Waals surface area contributed by atoms with Crippen molar-refractivity contribution in [3.05, 3.63) is 12.2 Å². The lowest BCUT2D eigenvalue weighted by Crippen LogP contribution is -2.33. The van der Waals surface area contributed by atoms with Crippen molar-refractivity contribution >= 4 is 11.6 Å². The van der Waals surface area contributed by atoms with Crippen LogP contribution >= 0.6 is 0 Å². The Kier molecular flexibility index (Phi) is 3.80. The number of carbonyl (C=O) groups is 2. The van der Waals surface area contributed by atoms with Gasteiger partial charge < -0.3 is 4.74 Å². The largest absolute Gasteiger partial charge is 0.377 e. The molecule has 3 nitrogen and oxygen atoms in total. The second-order valence-corrected chi connectivity index (χ2v) is 4.18. The molecule has 1 atom stereocenters. The van der Waals surface area contributed by atoms with Crippen LogP contribution in [0.3, 0.4) is 0 Å². The second-order valence-electron chi connectivity index (χ2n) is 4.18. The quantitative estimate of drug-likeness (QED) is 0.526. The van der Waals surface area contributed by atoms with Crippen LogP contribution in [0, 0.1) is 5.41 Å². The van der Waals surface area contributed by atoms with Crippen LogP contribution in [0.15, 0.2) is 12.2 Å².